The Hall–Kier alpha value is -2.02. The van der Waals surface area contributed by atoms with Crippen LogP contribution in [0.5, 0.6) is 11.5 Å². The van der Waals surface area contributed by atoms with Gasteiger partial charge in [0.2, 0.25) is 0 Å². The first kappa shape index (κ1) is 15.4. The van der Waals surface area contributed by atoms with Crippen molar-refractivity contribution >= 4 is 33.9 Å². The van der Waals surface area contributed by atoms with Gasteiger partial charge in [-0.1, -0.05) is 0 Å². The van der Waals surface area contributed by atoms with Gasteiger partial charge in [-0.25, -0.2) is 9.59 Å². The van der Waals surface area contributed by atoms with E-state index in [0.29, 0.717) is 10.0 Å². The number of hydrogen-bond donors (Lipinski definition) is 1. The van der Waals surface area contributed by atoms with E-state index in [1.54, 1.807) is 0 Å². The van der Waals surface area contributed by atoms with Crippen LogP contribution >= 0.6 is 15.9 Å². The Morgan fingerprint density at radius 3 is 2.33 bits per heavy atom. The number of esters is 2. The molecular weight excluding hydrogens is 344 g/mol. The topological polar surface area (TPSA) is 82.1 Å². The van der Waals surface area contributed by atoms with E-state index in [1.165, 1.54) is 39.2 Å². The third kappa shape index (κ3) is 3.02. The highest BCUT2D eigenvalue weighted by Gasteiger charge is 2.39. The van der Waals surface area contributed by atoms with Crippen LogP contribution in [0.15, 0.2) is 22.2 Å². The molecule has 1 aromatic carbocycles. The molecule has 1 aliphatic heterocycles. The van der Waals surface area contributed by atoms with Crippen LogP contribution in [0.4, 0.5) is 0 Å². The summed E-state index contributed by atoms with van der Waals surface area (Å²) >= 11 is 3.25. The highest BCUT2D eigenvalue weighted by atomic mass is 79.9. The Bertz CT molecular complexity index is 625. The van der Waals surface area contributed by atoms with Gasteiger partial charge in [0, 0.05) is 13.8 Å². The van der Waals surface area contributed by atoms with E-state index >= 15 is 0 Å². The van der Waals surface area contributed by atoms with Crippen molar-refractivity contribution in [3.8, 4) is 11.5 Å². The van der Waals surface area contributed by atoms with Crippen LogP contribution in [0.1, 0.15) is 19.4 Å². The summed E-state index contributed by atoms with van der Waals surface area (Å²) < 4.78 is 15.4. The fourth-order valence-electron chi connectivity index (χ4n) is 1.80. The molecule has 2 rings (SSSR count). The average molecular weight is 357 g/mol. The molecule has 0 unspecified atom stereocenters. The standard InChI is InChI=1S/C14H13BrO6/c1-14(2)20-12(17)8(13(18)21-14)6-7-4-5-9(16)11(19-3)10(7)15/h4-6,16H,1-3H3. The number of phenolic OH excluding ortho intramolecular Hbond substituents is 1. The number of benzene rings is 1. The van der Waals surface area contributed by atoms with E-state index in [-0.39, 0.29) is 17.1 Å². The van der Waals surface area contributed by atoms with Crippen molar-refractivity contribution in [2.75, 3.05) is 7.11 Å². The molecule has 0 amide bonds. The van der Waals surface area contributed by atoms with Crippen LogP contribution in [0.3, 0.4) is 0 Å². The molecule has 1 aromatic rings. The van der Waals surface area contributed by atoms with Gasteiger partial charge in [0.1, 0.15) is 5.57 Å². The molecule has 0 saturated carbocycles. The van der Waals surface area contributed by atoms with Crippen molar-refractivity contribution in [1.29, 1.82) is 0 Å². The normalized spacial score (nSPS) is 17.0. The molecule has 1 saturated heterocycles. The molecule has 112 valence electrons. The third-order valence-electron chi connectivity index (χ3n) is 2.73. The Kier molecular flexibility index (Phi) is 3.95. The Balaban J connectivity index is 2.45. The predicted molar refractivity (Wildman–Crippen MR) is 76.6 cm³/mol. The maximum Gasteiger partial charge on any atom is 0.348 e. The number of rotatable bonds is 2. The van der Waals surface area contributed by atoms with Gasteiger partial charge in [0.25, 0.3) is 5.79 Å². The van der Waals surface area contributed by atoms with Gasteiger partial charge in [-0.3, -0.25) is 0 Å². The largest absolute Gasteiger partial charge is 0.504 e. The lowest BCUT2D eigenvalue weighted by Crippen LogP contribution is -2.41. The minimum atomic E-state index is -1.28. The lowest BCUT2D eigenvalue weighted by atomic mass is 10.1. The van der Waals surface area contributed by atoms with Gasteiger partial charge in [-0.15, -0.1) is 0 Å². The molecule has 0 radical (unpaired) electrons. The molecule has 0 aliphatic carbocycles. The molecular formula is C14H13BrO6. The maximum absolute atomic E-state index is 11.9. The minimum Gasteiger partial charge on any atom is -0.504 e. The quantitative estimate of drug-likeness (QED) is 0.497. The summed E-state index contributed by atoms with van der Waals surface area (Å²) in [5.74, 6) is -2.69. The maximum atomic E-state index is 11.9. The van der Waals surface area contributed by atoms with Crippen molar-refractivity contribution in [3.05, 3.63) is 27.7 Å². The number of aromatic hydroxyl groups is 1. The van der Waals surface area contributed by atoms with Crippen molar-refractivity contribution < 1.29 is 28.9 Å². The lowest BCUT2D eigenvalue weighted by molar-refractivity contribution is -0.222. The first-order chi connectivity index (χ1) is 9.75. The van der Waals surface area contributed by atoms with Crippen LogP contribution in [-0.4, -0.2) is 29.9 Å². The first-order valence-corrected chi connectivity index (χ1v) is 6.78. The Morgan fingerprint density at radius 1 is 1.24 bits per heavy atom. The van der Waals surface area contributed by atoms with E-state index < -0.39 is 17.7 Å². The zero-order valence-corrected chi connectivity index (χ0v) is 13.2. The van der Waals surface area contributed by atoms with E-state index in [1.807, 2.05) is 0 Å². The summed E-state index contributed by atoms with van der Waals surface area (Å²) in [6, 6.07) is 2.91. The molecule has 7 heteroatoms. The molecule has 0 spiro atoms. The predicted octanol–water partition coefficient (Wildman–Crippen LogP) is 2.38. The number of phenols is 1. The highest BCUT2D eigenvalue weighted by molar-refractivity contribution is 9.10. The summed E-state index contributed by atoms with van der Waals surface area (Å²) in [4.78, 5) is 23.7. The number of cyclic esters (lactones) is 2. The molecule has 1 N–H and O–H groups in total. The Labute approximate surface area is 129 Å². The van der Waals surface area contributed by atoms with Crippen molar-refractivity contribution in [3.63, 3.8) is 0 Å². The van der Waals surface area contributed by atoms with Crippen LogP contribution in [-0.2, 0) is 19.1 Å². The lowest BCUT2D eigenvalue weighted by Gasteiger charge is -2.29. The SMILES string of the molecule is COc1c(O)ccc(C=C2C(=O)OC(C)(C)OC2=O)c1Br. The van der Waals surface area contributed by atoms with Crippen LogP contribution in [0.25, 0.3) is 6.08 Å². The fourth-order valence-corrected chi connectivity index (χ4v) is 2.41. The second kappa shape index (κ2) is 5.40. The molecule has 1 fully saturated rings. The van der Waals surface area contributed by atoms with Gasteiger partial charge in [-0.2, -0.15) is 0 Å². The molecule has 6 nitrogen and oxygen atoms in total. The fraction of sp³-hybridized carbons (Fsp3) is 0.286. The number of halogens is 1. The molecule has 21 heavy (non-hydrogen) atoms. The summed E-state index contributed by atoms with van der Waals surface area (Å²) in [7, 11) is 1.39. The summed E-state index contributed by atoms with van der Waals surface area (Å²) in [5, 5.41) is 9.64. The third-order valence-corrected chi connectivity index (χ3v) is 3.54. The van der Waals surface area contributed by atoms with E-state index in [9.17, 15) is 14.7 Å². The zero-order valence-electron chi connectivity index (χ0n) is 11.6. The van der Waals surface area contributed by atoms with Gasteiger partial charge >= 0.3 is 11.9 Å². The minimum absolute atomic E-state index is 0.0681. The molecule has 1 aliphatic rings. The zero-order chi connectivity index (χ0) is 15.8. The van der Waals surface area contributed by atoms with Crippen molar-refractivity contribution in [2.45, 2.75) is 19.6 Å². The van der Waals surface area contributed by atoms with Crippen LogP contribution < -0.4 is 4.74 Å². The second-order valence-electron chi connectivity index (χ2n) is 4.76. The van der Waals surface area contributed by atoms with Gasteiger partial charge in [-0.05, 0) is 39.7 Å². The van der Waals surface area contributed by atoms with Crippen molar-refractivity contribution in [2.24, 2.45) is 0 Å². The van der Waals surface area contributed by atoms with Gasteiger partial charge in [0.15, 0.2) is 11.5 Å². The second-order valence-corrected chi connectivity index (χ2v) is 5.55. The number of carbonyl (C=O) groups is 2. The number of hydrogen-bond acceptors (Lipinski definition) is 6. The van der Waals surface area contributed by atoms with Crippen LogP contribution in [0, 0.1) is 0 Å². The molecule has 0 aromatic heterocycles. The number of carbonyl (C=O) groups excluding carboxylic acids is 2. The number of ether oxygens (including phenoxy) is 3. The molecule has 1 heterocycles. The highest BCUT2D eigenvalue weighted by Crippen LogP contribution is 2.38. The monoisotopic (exact) mass is 356 g/mol. The summed E-state index contributed by atoms with van der Waals surface area (Å²) in [6.45, 7) is 2.94. The first-order valence-electron chi connectivity index (χ1n) is 5.99. The smallest absolute Gasteiger partial charge is 0.348 e. The number of methoxy groups -OCH3 is 1. The molecule has 0 bridgehead atoms. The van der Waals surface area contributed by atoms with Gasteiger partial charge < -0.3 is 19.3 Å². The van der Waals surface area contributed by atoms with Crippen LogP contribution in [0.2, 0.25) is 0 Å². The van der Waals surface area contributed by atoms with E-state index in [0.717, 1.165) is 0 Å². The van der Waals surface area contributed by atoms with Crippen molar-refractivity contribution in [1.82, 2.24) is 0 Å². The van der Waals surface area contributed by atoms with E-state index in [4.69, 9.17) is 14.2 Å². The molecule has 0 atom stereocenters. The van der Waals surface area contributed by atoms with Gasteiger partial charge in [0.05, 0.1) is 11.6 Å². The summed E-state index contributed by atoms with van der Waals surface area (Å²) in [5.41, 5.74) is 0.232. The average Bonchev–Trinajstić information content (AvgIpc) is 2.35. The Morgan fingerprint density at radius 2 is 1.81 bits per heavy atom. The summed E-state index contributed by atoms with van der Waals surface area (Å²) in [6.07, 6.45) is 1.31. The van der Waals surface area contributed by atoms with E-state index in [2.05, 4.69) is 15.9 Å².